The van der Waals surface area contributed by atoms with Crippen LogP contribution in [-0.4, -0.2) is 212 Å². The average molecular weight is 1330 g/mol. The number of nitrogens with two attached hydrogens (primary N) is 1. The largest absolute Gasteiger partial charge is 1.00 e. The number of fused-ring (bicyclic) bond motifs is 3. The van der Waals surface area contributed by atoms with E-state index in [1.165, 1.54) is 30.4 Å². The number of β-amino-alcohol motifs (C(OH)–C–C–N with tert-alkyl or cyclic N) is 1. The van der Waals surface area contributed by atoms with Crippen LogP contribution in [0, 0.1) is 5.92 Å². The van der Waals surface area contributed by atoms with Crippen LogP contribution in [0.3, 0.4) is 0 Å². The number of primary amides is 1. The van der Waals surface area contributed by atoms with Crippen LogP contribution in [0.25, 0.3) is 26.8 Å². The third kappa shape index (κ3) is 17.6. The Labute approximate surface area is 555 Å². The number of rotatable bonds is 20. The molecule has 32 nitrogen and oxygen atoms in total. The number of aliphatic hydroxyl groups is 7. The number of hydrogen-bond acceptors (Lipinski definition) is 25. The van der Waals surface area contributed by atoms with Gasteiger partial charge in [0.05, 0.1) is 55.4 Å². The van der Waals surface area contributed by atoms with Crippen LogP contribution in [0.2, 0.25) is 0 Å². The zero-order valence-electron chi connectivity index (χ0n) is 50.1. The van der Waals surface area contributed by atoms with E-state index >= 15 is 0 Å². The molecule has 3 saturated heterocycles. The summed E-state index contributed by atoms with van der Waals surface area (Å²) in [6.45, 7) is 3.41. The SMILES string of the molecule is CCCCCOc1ccc(-c2cn3nc(-c4ccc(C(=O)N[C@H]5CC(O)CNC(=O)C6C(O)C(C)CN6C(=O)C(C(O)CC(N)=O)NC(=O)C(C(O)C(O)c6ccc(O)c(OSOO[O-])c6)NC(=O)C6CC(O)CN6C(=O)C(C(C)O)NC5=O)cc4)sc3n2)cc1.[Na+]. The number of unbranched alkanes of at least 4 members (excludes halogenated alkanes) is 2. The van der Waals surface area contributed by atoms with E-state index in [0.717, 1.165) is 65.5 Å². The number of amides is 8. The van der Waals surface area contributed by atoms with Crippen molar-refractivity contribution in [3.63, 3.8) is 0 Å². The molecule has 492 valence electrons. The quantitative estimate of drug-likeness (QED) is 0.0113. The molecular weight excluding hydrogens is 1260 g/mol. The number of aromatic hydroxyl groups is 1. The summed E-state index contributed by atoms with van der Waals surface area (Å²) in [5.41, 5.74) is 7.12. The minimum atomic E-state index is -2.54. The van der Waals surface area contributed by atoms with Crippen LogP contribution in [0.4, 0.5) is 0 Å². The first-order valence-corrected chi connectivity index (χ1v) is 30.3. The molecule has 14 atom stereocenters. The second-order valence-electron chi connectivity index (χ2n) is 22.3. The average Bonchev–Trinajstić information content (AvgIpc) is 2.04. The number of nitrogens with zero attached hydrogens (tertiary/aromatic N) is 5. The van der Waals surface area contributed by atoms with Crippen molar-refractivity contribution in [2.45, 2.75) is 138 Å². The molecule has 2 aromatic heterocycles. The molecule has 0 radical (unpaired) electrons. The topological polar surface area (TPSA) is 481 Å². The van der Waals surface area contributed by atoms with Crippen LogP contribution < -0.4 is 76.1 Å². The van der Waals surface area contributed by atoms with Gasteiger partial charge in [-0.3, -0.25) is 43.4 Å². The summed E-state index contributed by atoms with van der Waals surface area (Å²) in [7, 11) is 0. The third-order valence-electron chi connectivity index (χ3n) is 15.5. The minimum Gasteiger partial charge on any atom is -0.691 e. The van der Waals surface area contributed by atoms with Crippen molar-refractivity contribution in [2.75, 3.05) is 26.2 Å². The van der Waals surface area contributed by atoms with Crippen molar-refractivity contribution in [1.29, 1.82) is 0 Å². The Hall–Kier alpha value is -7.13. The molecular formula is C57H70N11NaO21S2. The number of ether oxygens (including phenoxy) is 1. The normalized spacial score (nSPS) is 24.9. The second-order valence-corrected chi connectivity index (χ2v) is 23.7. The Morgan fingerprint density at radius 1 is 0.837 bits per heavy atom. The molecule has 8 rings (SSSR count). The summed E-state index contributed by atoms with van der Waals surface area (Å²) in [6.07, 6.45) is -11.3. The van der Waals surface area contributed by atoms with E-state index in [2.05, 4.69) is 48.0 Å². The van der Waals surface area contributed by atoms with E-state index in [9.17, 15) is 84.5 Å². The fraction of sp³-hybridized carbons (Fsp3) is 0.474. The van der Waals surface area contributed by atoms with Crippen LogP contribution >= 0.6 is 23.7 Å². The van der Waals surface area contributed by atoms with Gasteiger partial charge in [-0.2, -0.15) is 5.10 Å². The Kier molecular flexibility index (Phi) is 25.6. The van der Waals surface area contributed by atoms with E-state index in [-0.39, 0.29) is 53.0 Å². The number of nitrogens with one attached hydrogen (secondary N) is 5. The second kappa shape index (κ2) is 32.6. The first kappa shape index (κ1) is 72.3. The number of aromatic nitrogens is 3. The summed E-state index contributed by atoms with van der Waals surface area (Å²) < 4.78 is 16.5. The Morgan fingerprint density at radius 3 is 2.17 bits per heavy atom. The number of carbonyl (C=O) groups is 8. The number of hydrogen-bond donors (Lipinski definition) is 14. The molecule has 3 aliphatic rings. The zero-order valence-corrected chi connectivity index (χ0v) is 53.7. The number of phenols is 1. The van der Waals surface area contributed by atoms with E-state index < -0.39 is 183 Å². The molecule has 3 aromatic carbocycles. The number of carbonyl (C=O) groups excluding carboxylic acids is 8. The van der Waals surface area contributed by atoms with E-state index in [1.54, 1.807) is 22.8 Å². The molecule has 13 unspecified atom stereocenters. The predicted octanol–water partition coefficient (Wildman–Crippen LogP) is -6.12. The van der Waals surface area contributed by atoms with Crippen molar-refractivity contribution in [2.24, 2.45) is 11.7 Å². The van der Waals surface area contributed by atoms with Crippen molar-refractivity contribution in [1.82, 2.24) is 51.0 Å². The maximum atomic E-state index is 14.7. The molecule has 0 aliphatic carbocycles. The number of aliphatic hydroxyl groups excluding tert-OH is 7. The van der Waals surface area contributed by atoms with Crippen LogP contribution in [0.1, 0.15) is 81.3 Å². The molecule has 5 heterocycles. The molecule has 35 heteroatoms. The number of imidazole rings is 1. The maximum Gasteiger partial charge on any atom is 1.00 e. The minimum absolute atomic E-state index is 0. The smallest absolute Gasteiger partial charge is 0.691 e. The molecule has 0 saturated carbocycles. The standard InChI is InChI=1S/C57H71N11O21S2.Na/c1-4-5-6-17-86-34-14-11-28(12-15-34)36-25-68-57(61-36)90-54(65-68)30-9-7-29(8-10-30)49(78)60-35-19-32(70)22-59-53(82)45-46(75)26(2)23-67(45)56(84)43(39(73)21-41(58)74)63-52(81)44(48(77)47(76)31-13-16-38(72)40(18-31)87-91-89-88-85)64-51(80)37-20-33(71)24-66(37)55(83)42(27(3)69)62-50(35)79;/h7-16,18,25-27,32-33,35,37,39,42-48,69-73,75-77,85H,4-6,17,19-24H2,1-3H3,(H2,58,74)(H,59,82)(H,60,78)(H,62,79)(H,63,81)(H,64,80);/q;+1/p-1/t26?,27?,32?,33?,35-,37?,39?,42?,43?,44?,45?,46?,47?,48?;/m0./s1. The fourth-order valence-corrected chi connectivity index (χ4v) is 11.8. The maximum absolute atomic E-state index is 14.7. The van der Waals surface area contributed by atoms with E-state index in [0.29, 0.717) is 27.8 Å². The van der Waals surface area contributed by atoms with Crippen molar-refractivity contribution < 1.29 is 132 Å². The predicted molar refractivity (Wildman–Crippen MR) is 315 cm³/mol. The van der Waals surface area contributed by atoms with Crippen LogP contribution in [0.5, 0.6) is 17.2 Å². The van der Waals surface area contributed by atoms with Gasteiger partial charge in [0, 0.05) is 55.1 Å². The molecule has 15 N–H and O–H groups in total. The molecule has 5 aromatic rings. The Bertz CT molecular complexity index is 3390. The van der Waals surface area contributed by atoms with Gasteiger partial charge in [0.15, 0.2) is 11.5 Å². The summed E-state index contributed by atoms with van der Waals surface area (Å²) in [5.74, 6) is -11.3. The van der Waals surface area contributed by atoms with Crippen molar-refractivity contribution in [3.8, 4) is 39.1 Å². The van der Waals surface area contributed by atoms with Gasteiger partial charge in [0.1, 0.15) is 59.2 Å². The third-order valence-corrected chi connectivity index (χ3v) is 16.9. The summed E-state index contributed by atoms with van der Waals surface area (Å²) >= 11 is 1.19. The van der Waals surface area contributed by atoms with Crippen LogP contribution in [0.15, 0.2) is 72.9 Å². The summed E-state index contributed by atoms with van der Waals surface area (Å²) in [6, 6.07) is 4.15. The van der Waals surface area contributed by atoms with Crippen LogP contribution in [-0.2, 0) is 42.9 Å². The molecule has 92 heavy (non-hydrogen) atoms. The fourth-order valence-electron chi connectivity index (χ4n) is 10.7. The molecule has 8 amide bonds. The first-order valence-electron chi connectivity index (χ1n) is 28.9. The molecule has 0 bridgehead atoms. The van der Waals surface area contributed by atoms with E-state index in [4.69, 9.17) is 19.6 Å². The number of phenolic OH excluding ortho intramolecular Hbond substituents is 1. The number of benzene rings is 3. The molecule has 3 aliphatic heterocycles. The van der Waals surface area contributed by atoms with Gasteiger partial charge in [-0.05, 0) is 67.4 Å². The van der Waals surface area contributed by atoms with Crippen molar-refractivity contribution in [3.05, 3.63) is 84.1 Å². The zero-order chi connectivity index (χ0) is 66.0. The van der Waals surface area contributed by atoms with Crippen molar-refractivity contribution >= 4 is 75.9 Å². The Balaban J connectivity index is 0.0000120. The molecule has 3 fully saturated rings. The van der Waals surface area contributed by atoms with Gasteiger partial charge in [0.25, 0.3) is 18.2 Å². The first-order chi connectivity index (χ1) is 43.4. The van der Waals surface area contributed by atoms with E-state index in [1.807, 2.05) is 24.3 Å². The molecule has 0 spiro atoms. The van der Waals surface area contributed by atoms with Gasteiger partial charge >= 0.3 is 29.6 Å². The summed E-state index contributed by atoms with van der Waals surface area (Å²) in [5, 5.41) is 121. The van der Waals surface area contributed by atoms with Gasteiger partial charge in [0.2, 0.25) is 46.3 Å². The Morgan fingerprint density at radius 2 is 1.51 bits per heavy atom. The van der Waals surface area contributed by atoms with Gasteiger partial charge < -0.3 is 97.1 Å². The van der Waals surface area contributed by atoms with Gasteiger partial charge in [-0.15, -0.1) is 4.33 Å². The van der Waals surface area contributed by atoms with Gasteiger partial charge in [-0.1, -0.05) is 56.2 Å². The monoisotopic (exact) mass is 1330 g/mol. The summed E-state index contributed by atoms with van der Waals surface area (Å²) in [4.78, 5) is 120. The van der Waals surface area contributed by atoms with Gasteiger partial charge in [-0.25, -0.2) is 9.50 Å².